The lowest BCUT2D eigenvalue weighted by atomic mass is 10.1. The Labute approximate surface area is 92.5 Å². The van der Waals surface area contributed by atoms with Crippen LogP contribution in [0.25, 0.3) is 0 Å². The van der Waals surface area contributed by atoms with E-state index in [0.29, 0.717) is 25.2 Å². The summed E-state index contributed by atoms with van der Waals surface area (Å²) in [6, 6.07) is 0. The van der Waals surface area contributed by atoms with Crippen molar-refractivity contribution in [2.45, 2.75) is 19.9 Å². The van der Waals surface area contributed by atoms with Crippen LogP contribution in [-0.4, -0.2) is 38.0 Å². The van der Waals surface area contributed by atoms with Crippen molar-refractivity contribution >= 4 is 11.9 Å². The lowest BCUT2D eigenvalue weighted by Crippen LogP contribution is -2.34. The van der Waals surface area contributed by atoms with Crippen LogP contribution in [0, 0.1) is 0 Å². The van der Waals surface area contributed by atoms with Crippen molar-refractivity contribution < 1.29 is 14.7 Å². The topological polar surface area (TPSA) is 75.4 Å². The number of hydrogen-bond donors (Lipinski definition) is 1. The first-order valence-corrected chi connectivity index (χ1v) is 5.04. The fraction of sp³-hybridized carbons (Fsp3) is 0.500. The summed E-state index contributed by atoms with van der Waals surface area (Å²) in [6.07, 6.45) is 0.658. The molecule has 0 spiro atoms. The summed E-state index contributed by atoms with van der Waals surface area (Å²) in [5, 5.41) is 8.93. The van der Waals surface area contributed by atoms with Gasteiger partial charge in [0, 0.05) is 32.6 Å². The van der Waals surface area contributed by atoms with E-state index in [1.807, 2.05) is 0 Å². The quantitative estimate of drug-likeness (QED) is 0.728. The first-order valence-electron chi connectivity index (χ1n) is 5.04. The zero-order valence-corrected chi connectivity index (χ0v) is 9.23. The Balaban J connectivity index is 2.37. The molecule has 2 heterocycles. The van der Waals surface area contributed by atoms with Crippen molar-refractivity contribution in [3.05, 3.63) is 17.2 Å². The van der Waals surface area contributed by atoms with Crippen LogP contribution >= 0.6 is 0 Å². The van der Waals surface area contributed by atoms with Crippen LogP contribution in [0.5, 0.6) is 0 Å². The van der Waals surface area contributed by atoms with Crippen LogP contribution in [0.3, 0.4) is 0 Å². The summed E-state index contributed by atoms with van der Waals surface area (Å²) in [5.74, 6) is -1.00. The van der Waals surface area contributed by atoms with Crippen molar-refractivity contribution in [1.29, 1.82) is 0 Å². The number of carbonyl (C=O) groups is 2. The second-order valence-corrected chi connectivity index (χ2v) is 3.88. The van der Waals surface area contributed by atoms with Gasteiger partial charge in [-0.2, -0.15) is 0 Å². The average molecular weight is 223 g/mol. The molecule has 0 bridgehead atoms. The first-order chi connectivity index (χ1) is 7.50. The van der Waals surface area contributed by atoms with Crippen molar-refractivity contribution in [1.82, 2.24) is 14.5 Å². The van der Waals surface area contributed by atoms with Gasteiger partial charge in [0.25, 0.3) is 0 Å². The number of nitrogens with zero attached hydrogens (tertiary/aromatic N) is 3. The van der Waals surface area contributed by atoms with Gasteiger partial charge < -0.3 is 14.6 Å². The van der Waals surface area contributed by atoms with E-state index < -0.39 is 5.97 Å². The van der Waals surface area contributed by atoms with Crippen LogP contribution in [-0.2, 0) is 24.8 Å². The number of aromatic carboxylic acids is 1. The summed E-state index contributed by atoms with van der Waals surface area (Å²) >= 11 is 0. The summed E-state index contributed by atoms with van der Waals surface area (Å²) in [5.41, 5.74) is 1.61. The van der Waals surface area contributed by atoms with Gasteiger partial charge in [0.05, 0.1) is 12.2 Å². The molecule has 1 aromatic heterocycles. The molecule has 1 N–H and O–H groups in total. The number of carbonyl (C=O) groups excluding carboxylic acids is 1. The third-order valence-corrected chi connectivity index (χ3v) is 2.89. The molecule has 1 aromatic rings. The number of carboxylic acid groups (broad SMARTS) is 1. The third kappa shape index (κ3) is 1.56. The summed E-state index contributed by atoms with van der Waals surface area (Å²) in [7, 11) is 1.69. The Bertz CT molecular complexity index is 464. The number of imidazole rings is 1. The summed E-state index contributed by atoms with van der Waals surface area (Å²) < 4.78 is 1.59. The molecular weight excluding hydrogens is 210 g/mol. The normalized spacial score (nSPS) is 14.8. The van der Waals surface area contributed by atoms with Crippen LogP contribution in [0.2, 0.25) is 0 Å². The SMILES string of the molecule is CC(=O)N1CCc2c(nc(C(=O)O)n2C)C1. The van der Waals surface area contributed by atoms with E-state index in [0.717, 1.165) is 5.69 Å². The molecule has 2 rings (SSSR count). The van der Waals surface area contributed by atoms with E-state index >= 15 is 0 Å². The molecule has 0 saturated heterocycles. The predicted molar refractivity (Wildman–Crippen MR) is 55.0 cm³/mol. The molecule has 0 aromatic carbocycles. The van der Waals surface area contributed by atoms with Crippen LogP contribution < -0.4 is 0 Å². The molecule has 86 valence electrons. The number of rotatable bonds is 1. The fourth-order valence-corrected chi connectivity index (χ4v) is 1.99. The highest BCUT2D eigenvalue weighted by Crippen LogP contribution is 2.19. The van der Waals surface area contributed by atoms with Crippen LogP contribution in [0.15, 0.2) is 0 Å². The molecule has 0 fully saturated rings. The molecular formula is C10H13N3O3. The Hall–Kier alpha value is -1.85. The van der Waals surface area contributed by atoms with Crippen molar-refractivity contribution in [2.75, 3.05) is 6.54 Å². The maximum Gasteiger partial charge on any atom is 0.372 e. The van der Waals surface area contributed by atoms with E-state index in [4.69, 9.17) is 5.11 Å². The van der Waals surface area contributed by atoms with Gasteiger partial charge in [0.15, 0.2) is 0 Å². The largest absolute Gasteiger partial charge is 0.475 e. The monoisotopic (exact) mass is 223 g/mol. The molecule has 0 aliphatic carbocycles. The van der Waals surface area contributed by atoms with Gasteiger partial charge in [-0.3, -0.25) is 4.79 Å². The molecule has 1 aliphatic heterocycles. The number of carboxylic acids is 1. The predicted octanol–water partition coefficient (Wildman–Crippen LogP) is 0.0229. The molecule has 0 radical (unpaired) electrons. The smallest absolute Gasteiger partial charge is 0.372 e. The minimum absolute atomic E-state index is 0.00632. The van der Waals surface area contributed by atoms with Gasteiger partial charge in [0.2, 0.25) is 11.7 Å². The van der Waals surface area contributed by atoms with Gasteiger partial charge in [-0.25, -0.2) is 9.78 Å². The van der Waals surface area contributed by atoms with Crippen LogP contribution in [0.4, 0.5) is 0 Å². The number of aromatic nitrogens is 2. The van der Waals surface area contributed by atoms with E-state index in [9.17, 15) is 9.59 Å². The lowest BCUT2D eigenvalue weighted by Gasteiger charge is -2.25. The molecule has 16 heavy (non-hydrogen) atoms. The Morgan fingerprint density at radius 2 is 2.12 bits per heavy atom. The van der Waals surface area contributed by atoms with Crippen molar-refractivity contribution in [3.63, 3.8) is 0 Å². The zero-order chi connectivity index (χ0) is 11.9. The second kappa shape index (κ2) is 3.62. The lowest BCUT2D eigenvalue weighted by molar-refractivity contribution is -0.129. The highest BCUT2D eigenvalue weighted by Gasteiger charge is 2.25. The van der Waals surface area contributed by atoms with Gasteiger partial charge in [-0.05, 0) is 0 Å². The molecule has 0 unspecified atom stereocenters. The molecule has 0 saturated carbocycles. The molecule has 0 atom stereocenters. The standard InChI is InChI=1S/C10H13N3O3/c1-6(14)13-4-3-8-7(5-13)11-9(10(15)16)12(8)2/h3-5H2,1-2H3,(H,15,16). The van der Waals surface area contributed by atoms with Crippen LogP contribution in [0.1, 0.15) is 28.9 Å². The minimum atomic E-state index is -1.04. The third-order valence-electron chi connectivity index (χ3n) is 2.89. The van der Waals surface area contributed by atoms with E-state index in [-0.39, 0.29) is 11.7 Å². The number of amides is 1. The summed E-state index contributed by atoms with van der Waals surface area (Å²) in [6.45, 7) is 2.54. The van der Waals surface area contributed by atoms with Gasteiger partial charge in [0.1, 0.15) is 0 Å². The maximum atomic E-state index is 11.2. The van der Waals surface area contributed by atoms with E-state index in [1.54, 1.807) is 16.5 Å². The highest BCUT2D eigenvalue weighted by molar-refractivity contribution is 5.84. The Kier molecular flexibility index (Phi) is 2.41. The molecule has 1 aliphatic rings. The van der Waals surface area contributed by atoms with Gasteiger partial charge >= 0.3 is 5.97 Å². The fourth-order valence-electron chi connectivity index (χ4n) is 1.99. The van der Waals surface area contributed by atoms with E-state index in [2.05, 4.69) is 4.98 Å². The summed E-state index contributed by atoms with van der Waals surface area (Å²) in [4.78, 5) is 27.8. The van der Waals surface area contributed by atoms with E-state index in [1.165, 1.54) is 6.92 Å². The molecule has 6 heteroatoms. The first kappa shape index (κ1) is 10.7. The highest BCUT2D eigenvalue weighted by atomic mass is 16.4. The second-order valence-electron chi connectivity index (χ2n) is 3.88. The van der Waals surface area contributed by atoms with Crippen molar-refractivity contribution in [2.24, 2.45) is 7.05 Å². The molecule has 6 nitrogen and oxygen atoms in total. The number of hydrogen-bond acceptors (Lipinski definition) is 3. The minimum Gasteiger partial charge on any atom is -0.475 e. The Morgan fingerprint density at radius 1 is 1.44 bits per heavy atom. The molecule has 1 amide bonds. The average Bonchev–Trinajstić information content (AvgIpc) is 2.55. The van der Waals surface area contributed by atoms with Gasteiger partial charge in [-0.1, -0.05) is 0 Å². The maximum absolute atomic E-state index is 11.2. The van der Waals surface area contributed by atoms with Crippen molar-refractivity contribution in [3.8, 4) is 0 Å². The number of fused-ring (bicyclic) bond motifs is 1. The zero-order valence-electron chi connectivity index (χ0n) is 9.23. The van der Waals surface area contributed by atoms with Gasteiger partial charge in [-0.15, -0.1) is 0 Å². The Morgan fingerprint density at radius 3 is 2.69 bits per heavy atom.